The van der Waals surface area contributed by atoms with E-state index in [-0.39, 0.29) is 24.4 Å². The third kappa shape index (κ3) is 36.5. The van der Waals surface area contributed by atoms with Crippen LogP contribution in [0.5, 0.6) is 0 Å². The van der Waals surface area contributed by atoms with Crippen LogP contribution in [-0.4, -0.2) is 136 Å². The van der Waals surface area contributed by atoms with E-state index in [9.17, 15) is 53.2 Å². The molecule has 2 aliphatic rings. The molecule has 0 spiro atoms. The van der Waals surface area contributed by atoms with Gasteiger partial charge in [-0.15, -0.1) is 0 Å². The lowest BCUT2D eigenvalue weighted by Gasteiger charge is -2.46. The van der Waals surface area contributed by atoms with E-state index in [4.69, 9.17) is 23.7 Å². The van der Waals surface area contributed by atoms with Crippen molar-refractivity contribution in [1.29, 1.82) is 0 Å². The van der Waals surface area contributed by atoms with Gasteiger partial charge in [0.05, 0.1) is 25.2 Å². The molecule has 0 aliphatic carbocycles. The van der Waals surface area contributed by atoms with Gasteiger partial charge in [-0.05, 0) is 86.9 Å². The van der Waals surface area contributed by atoms with Crippen molar-refractivity contribution in [3.05, 3.63) is 0 Å². The van der Waals surface area contributed by atoms with Crippen molar-refractivity contribution in [1.82, 2.24) is 0 Å². The van der Waals surface area contributed by atoms with Gasteiger partial charge in [0, 0.05) is 6.42 Å². The van der Waals surface area contributed by atoms with E-state index in [2.05, 4.69) is 59.6 Å². The Morgan fingerprint density at radius 1 is 0.448 bits per heavy atom. The van der Waals surface area contributed by atoms with Gasteiger partial charge in [-0.3, -0.25) is 14.1 Å². The summed E-state index contributed by atoms with van der Waals surface area (Å²) in [4.78, 5) is 27.7. The number of carbonyl (C=O) groups is 2. The highest BCUT2D eigenvalue weighted by Gasteiger charge is 2.55. The predicted molar refractivity (Wildman–Crippen MR) is 344 cm³/mol. The van der Waals surface area contributed by atoms with Gasteiger partial charge in [0.2, 0.25) is 6.29 Å². The summed E-state index contributed by atoms with van der Waals surface area (Å²) in [6, 6.07) is 0. The van der Waals surface area contributed by atoms with Gasteiger partial charge in [-0.1, -0.05) is 249 Å². The lowest BCUT2D eigenvalue weighted by atomic mass is 9.80. The second-order valence-electron chi connectivity index (χ2n) is 27.7. The number of ether oxygens (including phenoxy) is 5. The van der Waals surface area contributed by atoms with Gasteiger partial charge >= 0.3 is 22.3 Å². The second-order valence-corrected chi connectivity index (χ2v) is 28.8. The van der Waals surface area contributed by atoms with E-state index in [1.165, 1.54) is 148 Å². The first kappa shape index (κ1) is 81.5. The minimum atomic E-state index is -5.32. The summed E-state index contributed by atoms with van der Waals surface area (Å²) in [5.41, 5.74) is 0. The van der Waals surface area contributed by atoms with Crippen LogP contribution in [0.25, 0.3) is 0 Å². The zero-order valence-corrected chi connectivity index (χ0v) is 57.1. The summed E-state index contributed by atoms with van der Waals surface area (Å²) in [7, 11) is -5.32. The number of esters is 2. The van der Waals surface area contributed by atoms with E-state index in [0.717, 1.165) is 77.0 Å². The van der Waals surface area contributed by atoms with E-state index in [0.29, 0.717) is 36.5 Å². The lowest BCUT2D eigenvalue weighted by molar-refractivity contribution is -0.374. The maximum Gasteiger partial charge on any atom is 0.397 e. The van der Waals surface area contributed by atoms with Crippen molar-refractivity contribution in [2.45, 2.75) is 374 Å². The van der Waals surface area contributed by atoms with Gasteiger partial charge in [0.25, 0.3) is 0 Å². The molecular weight excluding hydrogens is 1130 g/mol. The number of aliphatic hydroxyl groups is 6. The Labute approximate surface area is 529 Å². The number of rotatable bonds is 54. The SMILES string of the molecule is CCCCCCCCCCCCCCCCCC(=O)O[C@@H]1C(OC(=O)[C@@H](C)C[C@@H](C)C[C@@H](C)C[C@@H](C)C[C@@H](C)C[C@@H](C)C[C@@H](C)C(O)CCCCCCCCCCCCCCCCC)[C@H](O)C(CO)O[C@@H]1O[C@H]1OC(CO)[C@@H](O)C(O)[C@@H]1OS(=O)(=O)O. The molecule has 0 radical (unpaired) electrons. The maximum absolute atomic E-state index is 14.1. The van der Waals surface area contributed by atoms with E-state index < -0.39 is 103 Å². The Morgan fingerprint density at radius 3 is 1.21 bits per heavy atom. The first-order valence-electron chi connectivity index (χ1n) is 35.5. The molecule has 2 aliphatic heterocycles. The highest BCUT2D eigenvalue weighted by molar-refractivity contribution is 7.80. The third-order valence-electron chi connectivity index (χ3n) is 18.5. The molecule has 516 valence electrons. The summed E-state index contributed by atoms with van der Waals surface area (Å²) in [6.07, 6.45) is 24.8. The quantitative estimate of drug-likeness (QED) is 0.0169. The number of carbonyl (C=O) groups excluding carboxylic acids is 2. The molecule has 5 unspecified atom stereocenters. The van der Waals surface area contributed by atoms with Crippen molar-refractivity contribution in [3.8, 4) is 0 Å². The molecule has 17 nitrogen and oxygen atoms in total. The highest BCUT2D eigenvalue weighted by atomic mass is 32.3. The Balaban J connectivity index is 1.95. The Bertz CT molecular complexity index is 1810. The zero-order valence-electron chi connectivity index (χ0n) is 56.3. The maximum atomic E-state index is 14.1. The van der Waals surface area contributed by atoms with Crippen molar-refractivity contribution in [2.75, 3.05) is 13.2 Å². The fourth-order valence-electron chi connectivity index (χ4n) is 13.8. The topological polar surface area (TPSA) is 265 Å². The molecule has 0 aromatic heterocycles. The van der Waals surface area contributed by atoms with E-state index in [1.54, 1.807) is 6.92 Å². The minimum Gasteiger partial charge on any atom is -0.455 e. The van der Waals surface area contributed by atoms with Gasteiger partial charge in [0.15, 0.2) is 24.6 Å². The molecule has 2 fully saturated rings. The lowest BCUT2D eigenvalue weighted by Crippen LogP contribution is -2.65. The number of hydrogen-bond acceptors (Lipinski definition) is 16. The molecular formula is C69H132O17S. The number of hydrogen-bond donors (Lipinski definition) is 7. The van der Waals surface area contributed by atoms with Crippen LogP contribution in [0, 0.1) is 41.4 Å². The normalized spacial score (nSPS) is 25.5. The van der Waals surface area contributed by atoms with Crippen molar-refractivity contribution in [3.63, 3.8) is 0 Å². The Hall–Kier alpha value is -1.55. The molecule has 2 saturated heterocycles. The number of aliphatic hydroxyl groups excluding tert-OH is 6. The fraction of sp³-hybridized carbons (Fsp3) is 0.971. The molecule has 18 atom stereocenters. The standard InChI is InChI=1S/C69H132O17S/c1-10-12-14-16-18-20-22-24-26-28-30-32-34-36-38-40-57(72)55(8)46-53(6)44-51(4)42-50(3)43-52(5)45-54(7)47-56(9)67(77)84-64-62(75)59(49-71)82-69(85-68-65(86-87(78,79)80)63(76)61(74)58(48-70)81-68)66(64)83-60(73)41-39-37-35-33-31-29-27-25-23-21-19-17-15-13-11-2/h50-59,61-66,68-72,74-76H,10-49H2,1-9H3,(H,78,79,80)/t50-,51+,52-,53+,54-,55+,56-,57?,58?,59?,61+,62+,63?,64?,65-,66+,68+,69+/m0/s1. The van der Waals surface area contributed by atoms with Crippen molar-refractivity contribution in [2.24, 2.45) is 41.4 Å². The monoisotopic (exact) mass is 1260 g/mol. The summed E-state index contributed by atoms with van der Waals surface area (Å²) in [5.74, 6) is 0.143. The number of unbranched alkanes of at least 4 members (excludes halogenated alkanes) is 28. The molecule has 0 aromatic carbocycles. The van der Waals surface area contributed by atoms with Gasteiger partial charge in [0.1, 0.15) is 30.5 Å². The molecule has 18 heteroatoms. The van der Waals surface area contributed by atoms with Crippen LogP contribution < -0.4 is 0 Å². The minimum absolute atomic E-state index is 0.0553. The van der Waals surface area contributed by atoms with Gasteiger partial charge in [-0.2, -0.15) is 8.42 Å². The molecule has 0 amide bonds. The summed E-state index contributed by atoms with van der Waals surface area (Å²) in [5, 5.41) is 64.4. The second kappa shape index (κ2) is 48.2. The van der Waals surface area contributed by atoms with Gasteiger partial charge in [-0.25, -0.2) is 4.18 Å². The van der Waals surface area contributed by atoms with Crippen LogP contribution in [0.2, 0.25) is 0 Å². The molecule has 87 heavy (non-hydrogen) atoms. The average Bonchev–Trinajstić information content (AvgIpc) is 1.10. The molecule has 2 rings (SSSR count). The van der Waals surface area contributed by atoms with Crippen molar-refractivity contribution >= 4 is 22.3 Å². The first-order chi connectivity index (χ1) is 41.5. The fourth-order valence-corrected chi connectivity index (χ4v) is 14.3. The van der Waals surface area contributed by atoms with E-state index >= 15 is 0 Å². The van der Waals surface area contributed by atoms with Crippen LogP contribution in [0.15, 0.2) is 0 Å². The van der Waals surface area contributed by atoms with Gasteiger partial charge < -0.3 is 54.3 Å². The average molecular weight is 1270 g/mol. The molecule has 0 aromatic rings. The van der Waals surface area contributed by atoms with Crippen molar-refractivity contribution < 1.29 is 81.1 Å². The van der Waals surface area contributed by atoms with Crippen LogP contribution >= 0.6 is 0 Å². The van der Waals surface area contributed by atoms with Crippen LogP contribution in [0.3, 0.4) is 0 Å². The van der Waals surface area contributed by atoms with Crippen LogP contribution in [0.4, 0.5) is 0 Å². The van der Waals surface area contributed by atoms with Crippen LogP contribution in [0.1, 0.15) is 306 Å². The van der Waals surface area contributed by atoms with Crippen LogP contribution in [-0.2, 0) is 47.9 Å². The largest absolute Gasteiger partial charge is 0.455 e. The summed E-state index contributed by atoms with van der Waals surface area (Å²) >= 11 is 0. The summed E-state index contributed by atoms with van der Waals surface area (Å²) in [6.45, 7) is 18.0. The zero-order chi connectivity index (χ0) is 64.6. The predicted octanol–water partition coefficient (Wildman–Crippen LogP) is 14.2. The molecule has 7 N–H and O–H groups in total. The summed E-state index contributed by atoms with van der Waals surface area (Å²) < 4.78 is 67.4. The molecule has 0 saturated carbocycles. The Kier molecular flexibility index (Phi) is 45.2. The third-order valence-corrected chi connectivity index (χ3v) is 19.0. The molecule has 2 heterocycles. The molecule has 0 bridgehead atoms. The first-order valence-corrected chi connectivity index (χ1v) is 36.9. The highest BCUT2D eigenvalue weighted by Crippen LogP contribution is 2.35. The Morgan fingerprint density at radius 2 is 0.805 bits per heavy atom. The smallest absolute Gasteiger partial charge is 0.397 e. The van der Waals surface area contributed by atoms with E-state index in [1.807, 2.05) is 0 Å².